The smallest absolute Gasteiger partial charge is 0.293 e. The minimum Gasteiger partial charge on any atom is -0.394 e. The third kappa shape index (κ3) is 3.17. The number of nitro groups is 1. The molecule has 0 amide bonds. The molecule has 0 fully saturated rings. The van der Waals surface area contributed by atoms with Crippen molar-refractivity contribution in [3.63, 3.8) is 0 Å². The fourth-order valence-corrected chi connectivity index (χ4v) is 1.44. The zero-order chi connectivity index (χ0) is 11.4. The molecule has 0 aromatic heterocycles. The van der Waals surface area contributed by atoms with Crippen molar-refractivity contribution in [2.75, 3.05) is 11.9 Å². The lowest BCUT2D eigenvalue weighted by Crippen LogP contribution is -2.19. The van der Waals surface area contributed by atoms with Crippen LogP contribution >= 0.6 is 15.9 Å². The van der Waals surface area contributed by atoms with Gasteiger partial charge in [-0.25, -0.2) is 0 Å². The molecule has 0 saturated carbocycles. The maximum Gasteiger partial charge on any atom is 0.293 e. The Labute approximate surface area is 95.4 Å². The van der Waals surface area contributed by atoms with Gasteiger partial charge in [0.15, 0.2) is 0 Å². The van der Waals surface area contributed by atoms with Crippen molar-refractivity contribution in [1.29, 1.82) is 0 Å². The number of aliphatic hydroxyl groups excluding tert-OH is 1. The molecule has 0 aliphatic rings. The molecule has 0 heterocycles. The quantitative estimate of drug-likeness (QED) is 0.652. The first-order valence-corrected chi connectivity index (χ1v) is 5.15. The SMILES string of the molecule is C[C@@H](CO)Nc1ccc(Br)cc1[N+](=O)[O-]. The van der Waals surface area contributed by atoms with Gasteiger partial charge in [-0.05, 0) is 19.1 Å². The highest BCUT2D eigenvalue weighted by Crippen LogP contribution is 2.28. The number of nitro benzene ring substituents is 1. The molecule has 0 radical (unpaired) electrons. The summed E-state index contributed by atoms with van der Waals surface area (Å²) < 4.78 is 0.649. The average molecular weight is 275 g/mol. The molecule has 5 nitrogen and oxygen atoms in total. The number of aliphatic hydroxyl groups is 1. The Bertz CT molecular complexity index is 370. The first-order chi connectivity index (χ1) is 7.04. The number of halogens is 1. The van der Waals surface area contributed by atoms with Gasteiger partial charge in [-0.2, -0.15) is 0 Å². The van der Waals surface area contributed by atoms with Crippen LogP contribution in [0.1, 0.15) is 6.92 Å². The van der Waals surface area contributed by atoms with Crippen molar-refractivity contribution in [2.24, 2.45) is 0 Å². The fourth-order valence-electron chi connectivity index (χ4n) is 1.09. The van der Waals surface area contributed by atoms with Gasteiger partial charge in [-0.1, -0.05) is 15.9 Å². The van der Waals surface area contributed by atoms with Crippen molar-refractivity contribution in [3.8, 4) is 0 Å². The van der Waals surface area contributed by atoms with E-state index in [0.29, 0.717) is 10.2 Å². The van der Waals surface area contributed by atoms with Crippen LogP contribution < -0.4 is 5.32 Å². The molecule has 0 saturated heterocycles. The number of benzene rings is 1. The number of nitrogens with one attached hydrogen (secondary N) is 1. The standard InChI is InChI=1S/C9H11BrN2O3/c1-6(5-13)11-8-3-2-7(10)4-9(8)12(14)15/h2-4,6,11,13H,5H2,1H3/t6-/m0/s1. The van der Waals surface area contributed by atoms with Crippen molar-refractivity contribution in [3.05, 3.63) is 32.8 Å². The summed E-state index contributed by atoms with van der Waals surface area (Å²) in [5.74, 6) is 0. The lowest BCUT2D eigenvalue weighted by molar-refractivity contribution is -0.384. The van der Waals surface area contributed by atoms with E-state index in [1.165, 1.54) is 6.07 Å². The van der Waals surface area contributed by atoms with E-state index in [1.807, 2.05) is 0 Å². The van der Waals surface area contributed by atoms with Crippen molar-refractivity contribution in [1.82, 2.24) is 0 Å². The summed E-state index contributed by atoms with van der Waals surface area (Å²) in [6.45, 7) is 1.67. The van der Waals surface area contributed by atoms with Crippen LogP contribution in [0.2, 0.25) is 0 Å². The molecule has 0 aliphatic heterocycles. The number of hydrogen-bond acceptors (Lipinski definition) is 4. The van der Waals surface area contributed by atoms with E-state index in [2.05, 4.69) is 21.2 Å². The summed E-state index contributed by atoms with van der Waals surface area (Å²) in [5.41, 5.74) is 0.398. The van der Waals surface area contributed by atoms with Crippen molar-refractivity contribution in [2.45, 2.75) is 13.0 Å². The molecule has 1 aromatic carbocycles. The van der Waals surface area contributed by atoms with Gasteiger partial charge in [0.2, 0.25) is 0 Å². The molecule has 0 aliphatic carbocycles. The minimum absolute atomic E-state index is 0.00956. The maximum absolute atomic E-state index is 10.7. The topological polar surface area (TPSA) is 75.4 Å². The van der Waals surface area contributed by atoms with Crippen LogP contribution in [-0.2, 0) is 0 Å². The van der Waals surface area contributed by atoms with Gasteiger partial charge >= 0.3 is 0 Å². The Balaban J connectivity index is 3.01. The first kappa shape index (κ1) is 11.9. The summed E-state index contributed by atoms with van der Waals surface area (Å²) >= 11 is 3.17. The van der Waals surface area contributed by atoms with E-state index in [0.717, 1.165) is 0 Å². The van der Waals surface area contributed by atoms with E-state index >= 15 is 0 Å². The molecule has 0 unspecified atom stereocenters. The van der Waals surface area contributed by atoms with Crippen molar-refractivity contribution < 1.29 is 10.0 Å². The highest BCUT2D eigenvalue weighted by Gasteiger charge is 2.15. The highest BCUT2D eigenvalue weighted by molar-refractivity contribution is 9.10. The highest BCUT2D eigenvalue weighted by atomic mass is 79.9. The van der Waals surface area contributed by atoms with Crippen molar-refractivity contribution >= 4 is 27.3 Å². The van der Waals surface area contributed by atoms with Crippen LogP contribution in [0.15, 0.2) is 22.7 Å². The first-order valence-electron chi connectivity index (χ1n) is 4.36. The Morgan fingerprint density at radius 1 is 1.67 bits per heavy atom. The van der Waals surface area contributed by atoms with Crippen LogP contribution in [0, 0.1) is 10.1 Å². The van der Waals surface area contributed by atoms with E-state index < -0.39 is 4.92 Å². The van der Waals surface area contributed by atoms with E-state index in [4.69, 9.17) is 5.11 Å². The van der Waals surface area contributed by atoms with E-state index in [9.17, 15) is 10.1 Å². The monoisotopic (exact) mass is 274 g/mol. The normalized spacial score (nSPS) is 12.2. The molecule has 1 rings (SSSR count). The van der Waals surface area contributed by atoms with Gasteiger partial charge in [0.25, 0.3) is 5.69 Å². The Kier molecular flexibility index (Phi) is 4.05. The van der Waals surface area contributed by atoms with Gasteiger partial charge in [-0.3, -0.25) is 10.1 Å². The molecule has 15 heavy (non-hydrogen) atoms. The third-order valence-corrected chi connectivity index (χ3v) is 2.33. The Morgan fingerprint density at radius 2 is 2.33 bits per heavy atom. The summed E-state index contributed by atoms with van der Waals surface area (Å²) in [4.78, 5) is 10.3. The third-order valence-electron chi connectivity index (χ3n) is 1.83. The second kappa shape index (κ2) is 5.09. The van der Waals surface area contributed by atoms with Crippen LogP contribution in [0.4, 0.5) is 11.4 Å². The van der Waals surface area contributed by atoms with Gasteiger partial charge in [0, 0.05) is 16.6 Å². The van der Waals surface area contributed by atoms with Crippen LogP contribution in [0.25, 0.3) is 0 Å². The maximum atomic E-state index is 10.7. The molecule has 2 N–H and O–H groups in total. The lowest BCUT2D eigenvalue weighted by atomic mass is 10.2. The summed E-state index contributed by atoms with van der Waals surface area (Å²) in [5, 5.41) is 22.4. The molecule has 1 atom stereocenters. The molecule has 0 bridgehead atoms. The molecule has 0 spiro atoms. The van der Waals surface area contributed by atoms with Crippen LogP contribution in [0.3, 0.4) is 0 Å². The van der Waals surface area contributed by atoms with Crippen LogP contribution in [0.5, 0.6) is 0 Å². The Hall–Kier alpha value is -1.14. The lowest BCUT2D eigenvalue weighted by Gasteiger charge is -2.12. The Morgan fingerprint density at radius 3 is 2.87 bits per heavy atom. The minimum atomic E-state index is -0.461. The summed E-state index contributed by atoms with van der Waals surface area (Å²) in [6, 6.07) is 4.52. The second-order valence-corrected chi connectivity index (χ2v) is 4.06. The van der Waals surface area contributed by atoms with Gasteiger partial charge in [-0.15, -0.1) is 0 Å². The van der Waals surface area contributed by atoms with E-state index in [-0.39, 0.29) is 18.3 Å². The van der Waals surface area contributed by atoms with E-state index in [1.54, 1.807) is 19.1 Å². The average Bonchev–Trinajstić information content (AvgIpc) is 2.20. The number of nitrogens with zero attached hydrogens (tertiary/aromatic N) is 1. The van der Waals surface area contributed by atoms with Gasteiger partial charge in [0.05, 0.1) is 11.5 Å². The largest absolute Gasteiger partial charge is 0.394 e. The molecule has 1 aromatic rings. The number of hydrogen-bond donors (Lipinski definition) is 2. The molecule has 82 valence electrons. The fraction of sp³-hybridized carbons (Fsp3) is 0.333. The van der Waals surface area contributed by atoms with Gasteiger partial charge in [0.1, 0.15) is 5.69 Å². The predicted octanol–water partition coefficient (Wildman–Crippen LogP) is 2.15. The number of anilines is 1. The van der Waals surface area contributed by atoms with Crippen LogP contribution in [-0.4, -0.2) is 22.7 Å². The second-order valence-electron chi connectivity index (χ2n) is 3.15. The summed E-state index contributed by atoms with van der Waals surface area (Å²) in [6.07, 6.45) is 0. The number of rotatable bonds is 4. The molecular formula is C9H11BrN2O3. The zero-order valence-electron chi connectivity index (χ0n) is 8.11. The van der Waals surface area contributed by atoms with Gasteiger partial charge < -0.3 is 10.4 Å². The predicted molar refractivity (Wildman–Crippen MR) is 61.0 cm³/mol. The summed E-state index contributed by atoms with van der Waals surface area (Å²) in [7, 11) is 0. The zero-order valence-corrected chi connectivity index (χ0v) is 9.69. The molecular weight excluding hydrogens is 264 g/mol. The molecule has 6 heteroatoms.